The Labute approximate surface area is 155 Å². The minimum atomic E-state index is -0.983. The zero-order valence-electron chi connectivity index (χ0n) is 14.4. The first kappa shape index (κ1) is 18.0. The highest BCUT2D eigenvalue weighted by Gasteiger charge is 2.37. The van der Waals surface area contributed by atoms with Crippen molar-refractivity contribution in [3.8, 4) is 5.69 Å². The van der Waals surface area contributed by atoms with Crippen LogP contribution in [0.4, 0.5) is 4.79 Å². The van der Waals surface area contributed by atoms with E-state index in [0.717, 1.165) is 23.1 Å². The molecule has 2 amide bonds. The Bertz CT molecular complexity index is 899. The molecule has 1 aliphatic rings. The van der Waals surface area contributed by atoms with Crippen LogP contribution in [0.15, 0.2) is 47.5 Å². The second kappa shape index (κ2) is 7.21. The number of rotatable bonds is 5. The molecule has 0 bridgehead atoms. The number of carbonyl (C=O) groups is 3. The van der Waals surface area contributed by atoms with Gasteiger partial charge < -0.3 is 9.67 Å². The monoisotopic (exact) mass is 370 g/mol. The third-order valence-electron chi connectivity index (χ3n) is 4.31. The summed E-state index contributed by atoms with van der Waals surface area (Å²) in [6, 6.07) is 9.98. The lowest BCUT2D eigenvalue weighted by molar-refractivity contribution is -0.124. The number of hydrogen-bond acceptors (Lipinski definition) is 4. The van der Waals surface area contributed by atoms with E-state index < -0.39 is 5.97 Å². The van der Waals surface area contributed by atoms with E-state index in [9.17, 15) is 14.4 Å². The van der Waals surface area contributed by atoms with Crippen molar-refractivity contribution in [3.63, 3.8) is 0 Å². The van der Waals surface area contributed by atoms with Gasteiger partial charge in [0.1, 0.15) is 0 Å². The van der Waals surface area contributed by atoms with Crippen LogP contribution in [0.2, 0.25) is 0 Å². The summed E-state index contributed by atoms with van der Waals surface area (Å²) in [5.74, 6) is -1.26. The van der Waals surface area contributed by atoms with Crippen LogP contribution in [0.25, 0.3) is 11.8 Å². The molecule has 1 aromatic carbocycles. The number of nitrogens with zero attached hydrogens (tertiary/aromatic N) is 2. The molecule has 0 aliphatic carbocycles. The lowest BCUT2D eigenvalue weighted by atomic mass is 10.2. The van der Waals surface area contributed by atoms with E-state index in [-0.39, 0.29) is 22.8 Å². The summed E-state index contributed by atoms with van der Waals surface area (Å²) in [5, 5.41) is 8.75. The molecule has 1 saturated heterocycles. The highest BCUT2D eigenvalue weighted by Crippen LogP contribution is 2.34. The van der Waals surface area contributed by atoms with Gasteiger partial charge in [-0.1, -0.05) is 6.92 Å². The number of imide groups is 1. The van der Waals surface area contributed by atoms with E-state index in [4.69, 9.17) is 5.11 Å². The number of thioether (sulfide) groups is 1. The van der Waals surface area contributed by atoms with Gasteiger partial charge in [0.15, 0.2) is 0 Å². The third-order valence-corrected chi connectivity index (χ3v) is 5.19. The van der Waals surface area contributed by atoms with Crippen molar-refractivity contribution >= 4 is 35.0 Å². The Morgan fingerprint density at radius 1 is 1.23 bits per heavy atom. The molecular formula is C19H18N2O4S. The van der Waals surface area contributed by atoms with Crippen LogP contribution < -0.4 is 0 Å². The molecule has 1 aromatic heterocycles. The summed E-state index contributed by atoms with van der Waals surface area (Å²) in [4.78, 5) is 37.4. The Morgan fingerprint density at radius 2 is 1.92 bits per heavy atom. The van der Waals surface area contributed by atoms with Gasteiger partial charge in [-0.25, -0.2) is 4.79 Å². The van der Waals surface area contributed by atoms with Crippen molar-refractivity contribution in [3.05, 3.63) is 58.8 Å². The number of hydrogen-bond donors (Lipinski definition) is 1. The summed E-state index contributed by atoms with van der Waals surface area (Å²) in [6.07, 6.45) is 4.22. The van der Waals surface area contributed by atoms with Gasteiger partial charge in [-0.15, -0.1) is 0 Å². The summed E-state index contributed by atoms with van der Waals surface area (Å²) in [5.41, 5.74) is 1.72. The van der Waals surface area contributed by atoms with Gasteiger partial charge in [-0.3, -0.25) is 14.5 Å². The van der Waals surface area contributed by atoms with Crippen LogP contribution in [-0.4, -0.2) is 37.7 Å². The molecule has 0 unspecified atom stereocenters. The minimum absolute atomic E-state index is 0.135. The average Bonchev–Trinajstić information content (AvgIpc) is 3.19. The first-order valence-corrected chi connectivity index (χ1v) is 9.02. The zero-order chi connectivity index (χ0) is 18.8. The molecule has 2 aromatic rings. The third kappa shape index (κ3) is 3.30. The van der Waals surface area contributed by atoms with Crippen LogP contribution in [0.5, 0.6) is 0 Å². The number of aromatic carboxylic acids is 1. The number of benzene rings is 1. The molecule has 1 aliphatic heterocycles. The molecule has 1 fully saturated rings. The fourth-order valence-electron chi connectivity index (χ4n) is 2.69. The van der Waals surface area contributed by atoms with Gasteiger partial charge >= 0.3 is 5.97 Å². The maximum Gasteiger partial charge on any atom is 0.335 e. The highest BCUT2D eigenvalue weighted by atomic mass is 32.2. The molecule has 1 atom stereocenters. The molecule has 7 heteroatoms. The second-order valence-corrected chi connectivity index (χ2v) is 6.96. The SMILES string of the molecule is CC[C@H](C)N1C(=O)S/C(=C/c2cccn2-c2ccc(C(=O)O)cc2)C1=O. The smallest absolute Gasteiger partial charge is 0.335 e. The maximum atomic E-state index is 12.6. The molecule has 0 radical (unpaired) electrons. The Kier molecular flexibility index (Phi) is 4.99. The van der Waals surface area contributed by atoms with Crippen molar-refractivity contribution in [2.24, 2.45) is 0 Å². The number of carbonyl (C=O) groups excluding carboxylic acids is 2. The van der Waals surface area contributed by atoms with Crippen LogP contribution in [0.3, 0.4) is 0 Å². The van der Waals surface area contributed by atoms with Crippen molar-refractivity contribution in [1.82, 2.24) is 9.47 Å². The molecular weight excluding hydrogens is 352 g/mol. The number of aromatic nitrogens is 1. The van der Waals surface area contributed by atoms with Crippen LogP contribution in [-0.2, 0) is 4.79 Å². The van der Waals surface area contributed by atoms with Gasteiger partial charge in [-0.05, 0) is 67.6 Å². The molecule has 1 N–H and O–H groups in total. The van der Waals surface area contributed by atoms with Crippen molar-refractivity contribution in [1.29, 1.82) is 0 Å². The predicted molar refractivity (Wildman–Crippen MR) is 100 cm³/mol. The molecule has 0 spiro atoms. The topological polar surface area (TPSA) is 79.6 Å². The van der Waals surface area contributed by atoms with Crippen LogP contribution >= 0.6 is 11.8 Å². The Balaban J connectivity index is 1.92. The quantitative estimate of drug-likeness (QED) is 0.805. The van der Waals surface area contributed by atoms with Gasteiger partial charge in [0, 0.05) is 23.6 Å². The van der Waals surface area contributed by atoms with Crippen LogP contribution in [0.1, 0.15) is 36.3 Å². The zero-order valence-corrected chi connectivity index (χ0v) is 15.2. The normalized spacial score (nSPS) is 17.2. The van der Waals surface area contributed by atoms with Gasteiger partial charge in [-0.2, -0.15) is 0 Å². The van der Waals surface area contributed by atoms with E-state index in [1.807, 2.05) is 36.7 Å². The standard InChI is InChI=1S/C19H18N2O4S/c1-3-12(2)21-17(22)16(26-19(21)25)11-15-5-4-10-20(15)14-8-6-13(7-9-14)18(23)24/h4-12H,3H2,1-2H3,(H,23,24)/b16-11+/t12-/m0/s1. The van der Waals surface area contributed by atoms with Crippen molar-refractivity contribution in [2.45, 2.75) is 26.3 Å². The summed E-state index contributed by atoms with van der Waals surface area (Å²) < 4.78 is 1.84. The maximum absolute atomic E-state index is 12.6. The molecule has 134 valence electrons. The van der Waals surface area contributed by atoms with E-state index in [1.54, 1.807) is 18.2 Å². The van der Waals surface area contributed by atoms with Gasteiger partial charge in [0.25, 0.3) is 11.1 Å². The number of carboxylic acids is 1. The summed E-state index contributed by atoms with van der Waals surface area (Å²) in [7, 11) is 0. The fraction of sp³-hybridized carbons (Fsp3) is 0.211. The summed E-state index contributed by atoms with van der Waals surface area (Å²) >= 11 is 0.941. The molecule has 6 nitrogen and oxygen atoms in total. The van der Waals surface area contributed by atoms with Gasteiger partial charge in [0.2, 0.25) is 0 Å². The fourth-order valence-corrected chi connectivity index (χ4v) is 3.60. The van der Waals surface area contributed by atoms with E-state index in [0.29, 0.717) is 11.3 Å². The van der Waals surface area contributed by atoms with Crippen LogP contribution in [0, 0.1) is 0 Å². The lowest BCUT2D eigenvalue weighted by Crippen LogP contribution is -2.36. The first-order valence-electron chi connectivity index (χ1n) is 8.20. The molecule has 26 heavy (non-hydrogen) atoms. The minimum Gasteiger partial charge on any atom is -0.478 e. The first-order chi connectivity index (χ1) is 12.4. The Hall–Kier alpha value is -2.80. The predicted octanol–water partition coefficient (Wildman–Crippen LogP) is 4.01. The average molecular weight is 370 g/mol. The van der Waals surface area contributed by atoms with Gasteiger partial charge in [0.05, 0.1) is 10.5 Å². The molecule has 2 heterocycles. The highest BCUT2D eigenvalue weighted by molar-refractivity contribution is 8.18. The number of amides is 2. The largest absolute Gasteiger partial charge is 0.478 e. The van der Waals surface area contributed by atoms with E-state index >= 15 is 0 Å². The van der Waals surface area contributed by atoms with Crippen molar-refractivity contribution in [2.75, 3.05) is 0 Å². The van der Waals surface area contributed by atoms with Crippen molar-refractivity contribution < 1.29 is 19.5 Å². The molecule has 0 saturated carbocycles. The van der Waals surface area contributed by atoms with E-state index in [1.165, 1.54) is 17.0 Å². The summed E-state index contributed by atoms with van der Waals surface area (Å²) in [6.45, 7) is 3.79. The molecule has 3 rings (SSSR count). The number of carboxylic acid groups (broad SMARTS) is 1. The second-order valence-electron chi connectivity index (χ2n) is 5.96. The Morgan fingerprint density at radius 3 is 2.54 bits per heavy atom. The lowest BCUT2D eigenvalue weighted by Gasteiger charge is -2.19. The van der Waals surface area contributed by atoms with E-state index in [2.05, 4.69) is 0 Å².